The number of nitrogens with one attached hydrogen (secondary N) is 2. The van der Waals surface area contributed by atoms with Gasteiger partial charge in [0.2, 0.25) is 0 Å². The van der Waals surface area contributed by atoms with Crippen molar-refractivity contribution in [1.82, 2.24) is 10.6 Å². The second-order valence-electron chi connectivity index (χ2n) is 7.48. The van der Waals surface area contributed by atoms with Crippen molar-refractivity contribution in [2.75, 3.05) is 19.6 Å². The molecule has 2 aromatic rings. The lowest BCUT2D eigenvalue weighted by molar-refractivity contribution is 0.179. The third kappa shape index (κ3) is 8.05. The molecule has 6 heteroatoms. The van der Waals surface area contributed by atoms with Crippen LogP contribution >= 0.6 is 0 Å². The van der Waals surface area contributed by atoms with E-state index in [1.807, 2.05) is 50.2 Å². The quantitative estimate of drug-likeness (QED) is 0.429. The van der Waals surface area contributed by atoms with E-state index >= 15 is 0 Å². The maximum Gasteiger partial charge on any atom is 0.191 e. The Balaban J connectivity index is 1.90. The molecule has 1 aromatic heterocycles. The third-order valence-corrected chi connectivity index (χ3v) is 3.94. The van der Waals surface area contributed by atoms with Gasteiger partial charge in [-0.15, -0.1) is 0 Å². The average Bonchev–Trinajstić information content (AvgIpc) is 3.16. The van der Waals surface area contributed by atoms with Crippen molar-refractivity contribution in [3.8, 4) is 5.75 Å². The summed E-state index contributed by atoms with van der Waals surface area (Å²) in [6, 6.07) is 11.4. The fourth-order valence-corrected chi connectivity index (χ4v) is 2.59. The van der Waals surface area contributed by atoms with E-state index in [1.165, 1.54) is 0 Å². The summed E-state index contributed by atoms with van der Waals surface area (Å²) in [5.74, 6) is 2.84. The Morgan fingerprint density at radius 2 is 1.96 bits per heavy atom. The van der Waals surface area contributed by atoms with Crippen molar-refractivity contribution in [2.24, 2.45) is 10.9 Å². The second-order valence-corrected chi connectivity index (χ2v) is 7.48. The third-order valence-electron chi connectivity index (χ3n) is 3.94. The van der Waals surface area contributed by atoms with Gasteiger partial charge < -0.3 is 24.9 Å². The van der Waals surface area contributed by atoms with E-state index in [1.54, 1.807) is 6.26 Å². The van der Waals surface area contributed by atoms with Crippen LogP contribution in [0.1, 0.15) is 45.1 Å². The number of aliphatic hydroxyl groups excluding tert-OH is 1. The SMILES string of the molecule is CC(C)CN=C(NCCc1ccco1)NCC(O)c1cccc(OC(C)C)c1. The number of nitrogens with zero attached hydrogens (tertiary/aromatic N) is 1. The minimum absolute atomic E-state index is 0.0960. The highest BCUT2D eigenvalue weighted by atomic mass is 16.5. The summed E-state index contributed by atoms with van der Waals surface area (Å²) in [5.41, 5.74) is 0.810. The Morgan fingerprint density at radius 3 is 2.64 bits per heavy atom. The van der Waals surface area contributed by atoms with Crippen LogP contribution in [-0.4, -0.2) is 36.8 Å². The Bertz CT molecular complexity index is 712. The van der Waals surface area contributed by atoms with E-state index in [-0.39, 0.29) is 6.10 Å². The number of furan rings is 1. The van der Waals surface area contributed by atoms with E-state index in [9.17, 15) is 5.11 Å². The summed E-state index contributed by atoms with van der Waals surface area (Å²) in [7, 11) is 0. The highest BCUT2D eigenvalue weighted by Crippen LogP contribution is 2.19. The van der Waals surface area contributed by atoms with Gasteiger partial charge in [-0.25, -0.2) is 0 Å². The molecule has 0 radical (unpaired) electrons. The molecule has 154 valence electrons. The predicted octanol–water partition coefficient (Wildman–Crippen LogP) is 3.53. The minimum atomic E-state index is -0.660. The van der Waals surface area contributed by atoms with Gasteiger partial charge in [0.25, 0.3) is 0 Å². The fourth-order valence-electron chi connectivity index (χ4n) is 2.59. The molecule has 28 heavy (non-hydrogen) atoms. The maximum absolute atomic E-state index is 10.6. The summed E-state index contributed by atoms with van der Waals surface area (Å²) >= 11 is 0. The largest absolute Gasteiger partial charge is 0.491 e. The number of ether oxygens (including phenoxy) is 1. The van der Waals surface area contributed by atoms with Gasteiger partial charge in [0.1, 0.15) is 11.5 Å². The normalized spacial score (nSPS) is 13.0. The van der Waals surface area contributed by atoms with Crippen LogP contribution in [0.4, 0.5) is 0 Å². The molecule has 3 N–H and O–H groups in total. The fraction of sp³-hybridized carbons (Fsp3) is 0.500. The number of rotatable bonds is 10. The molecule has 1 heterocycles. The molecule has 0 aliphatic carbocycles. The molecule has 0 bridgehead atoms. The zero-order chi connectivity index (χ0) is 20.4. The van der Waals surface area contributed by atoms with E-state index < -0.39 is 6.10 Å². The number of guanidine groups is 1. The van der Waals surface area contributed by atoms with Gasteiger partial charge in [-0.05, 0) is 49.6 Å². The molecule has 1 atom stereocenters. The molecular formula is C22H33N3O3. The summed E-state index contributed by atoms with van der Waals surface area (Å²) < 4.78 is 11.1. The van der Waals surface area contributed by atoms with E-state index in [2.05, 4.69) is 29.5 Å². The van der Waals surface area contributed by atoms with Crippen molar-refractivity contribution in [3.63, 3.8) is 0 Å². The average molecular weight is 388 g/mol. The molecule has 0 aliphatic rings. The molecule has 2 rings (SSSR count). The van der Waals surface area contributed by atoms with Crippen LogP contribution in [0.2, 0.25) is 0 Å². The second kappa shape index (κ2) is 11.4. The van der Waals surface area contributed by atoms with Crippen LogP contribution < -0.4 is 15.4 Å². The van der Waals surface area contributed by atoms with Crippen molar-refractivity contribution < 1.29 is 14.3 Å². The van der Waals surface area contributed by atoms with Crippen LogP contribution in [0.3, 0.4) is 0 Å². The van der Waals surface area contributed by atoms with Crippen molar-refractivity contribution in [3.05, 3.63) is 54.0 Å². The summed E-state index contributed by atoms with van der Waals surface area (Å²) in [4.78, 5) is 4.59. The molecule has 0 spiro atoms. The zero-order valence-electron chi connectivity index (χ0n) is 17.3. The van der Waals surface area contributed by atoms with E-state index in [0.717, 1.165) is 23.5 Å². The summed E-state index contributed by atoms with van der Waals surface area (Å²) in [6.45, 7) is 9.98. The van der Waals surface area contributed by atoms with Crippen LogP contribution in [0, 0.1) is 5.92 Å². The molecule has 0 saturated carbocycles. The van der Waals surface area contributed by atoms with Crippen LogP contribution in [0.15, 0.2) is 52.1 Å². The first-order valence-electron chi connectivity index (χ1n) is 9.93. The van der Waals surface area contributed by atoms with Gasteiger partial charge in [-0.2, -0.15) is 0 Å². The Hall–Kier alpha value is -2.47. The smallest absolute Gasteiger partial charge is 0.191 e. The van der Waals surface area contributed by atoms with Crippen molar-refractivity contribution >= 4 is 5.96 Å². The molecular weight excluding hydrogens is 354 g/mol. The molecule has 1 aromatic carbocycles. The lowest BCUT2D eigenvalue weighted by atomic mass is 10.1. The number of aliphatic imine (C=N–C) groups is 1. The first-order valence-corrected chi connectivity index (χ1v) is 9.93. The van der Waals surface area contributed by atoms with Crippen molar-refractivity contribution in [2.45, 2.75) is 46.3 Å². The number of aliphatic hydroxyl groups is 1. The summed E-state index contributed by atoms with van der Waals surface area (Å²) in [6.07, 6.45) is 1.88. The molecule has 0 fully saturated rings. The van der Waals surface area contributed by atoms with Crippen LogP contribution in [0.25, 0.3) is 0 Å². The Morgan fingerprint density at radius 1 is 1.14 bits per heavy atom. The highest BCUT2D eigenvalue weighted by molar-refractivity contribution is 5.79. The predicted molar refractivity (Wildman–Crippen MR) is 113 cm³/mol. The topological polar surface area (TPSA) is 79.0 Å². The minimum Gasteiger partial charge on any atom is -0.491 e. The molecule has 1 unspecified atom stereocenters. The lowest BCUT2D eigenvalue weighted by Crippen LogP contribution is -2.40. The molecule has 6 nitrogen and oxygen atoms in total. The van der Waals surface area contributed by atoms with Crippen molar-refractivity contribution in [1.29, 1.82) is 0 Å². The van der Waals surface area contributed by atoms with Gasteiger partial charge in [0.05, 0.1) is 18.5 Å². The molecule has 0 aliphatic heterocycles. The summed E-state index contributed by atoms with van der Waals surface area (Å²) in [5, 5.41) is 17.1. The van der Waals surface area contributed by atoms with E-state index in [0.29, 0.717) is 31.5 Å². The van der Waals surface area contributed by atoms with Gasteiger partial charge in [-0.3, -0.25) is 4.99 Å². The monoisotopic (exact) mass is 387 g/mol. The van der Waals surface area contributed by atoms with E-state index in [4.69, 9.17) is 9.15 Å². The Labute approximate surface area is 168 Å². The Kier molecular flexibility index (Phi) is 8.88. The van der Waals surface area contributed by atoms with Crippen LogP contribution in [-0.2, 0) is 6.42 Å². The zero-order valence-corrected chi connectivity index (χ0v) is 17.3. The molecule has 0 amide bonds. The standard InChI is InChI=1S/C22H33N3O3/c1-16(2)14-24-22(23-11-10-19-9-6-12-27-19)25-15-21(26)18-7-5-8-20(13-18)28-17(3)4/h5-9,12-13,16-17,21,26H,10-11,14-15H2,1-4H3,(H2,23,24,25). The number of hydrogen-bond donors (Lipinski definition) is 3. The lowest BCUT2D eigenvalue weighted by Gasteiger charge is -2.17. The number of benzene rings is 1. The first-order chi connectivity index (χ1) is 13.4. The van der Waals surface area contributed by atoms with Crippen LogP contribution in [0.5, 0.6) is 5.75 Å². The number of hydrogen-bond acceptors (Lipinski definition) is 4. The highest BCUT2D eigenvalue weighted by Gasteiger charge is 2.11. The van der Waals surface area contributed by atoms with Gasteiger partial charge in [0.15, 0.2) is 5.96 Å². The van der Waals surface area contributed by atoms with Gasteiger partial charge >= 0.3 is 0 Å². The first kappa shape index (κ1) is 21.8. The van der Waals surface area contributed by atoms with Gasteiger partial charge in [0, 0.05) is 26.1 Å². The molecule has 0 saturated heterocycles. The van der Waals surface area contributed by atoms with Gasteiger partial charge in [-0.1, -0.05) is 26.0 Å². The maximum atomic E-state index is 10.6.